The molecular formula is C10H9F2NO. The van der Waals surface area contributed by atoms with Crippen LogP contribution in [-0.2, 0) is 5.92 Å². The zero-order valence-corrected chi connectivity index (χ0v) is 7.84. The number of ether oxygens (including phenoxy) is 1. The van der Waals surface area contributed by atoms with E-state index >= 15 is 0 Å². The van der Waals surface area contributed by atoms with Crippen LogP contribution in [0.3, 0.4) is 0 Å². The lowest BCUT2D eigenvalue weighted by Gasteiger charge is -2.11. The van der Waals surface area contributed by atoms with E-state index in [-0.39, 0.29) is 11.1 Å². The summed E-state index contributed by atoms with van der Waals surface area (Å²) < 4.78 is 30.5. The zero-order chi connectivity index (χ0) is 10.8. The lowest BCUT2D eigenvalue weighted by Crippen LogP contribution is -2.07. The van der Waals surface area contributed by atoms with E-state index in [0.29, 0.717) is 5.75 Å². The van der Waals surface area contributed by atoms with Crippen molar-refractivity contribution in [3.63, 3.8) is 0 Å². The molecule has 0 amide bonds. The highest BCUT2D eigenvalue weighted by atomic mass is 19.3. The van der Waals surface area contributed by atoms with Crippen molar-refractivity contribution in [1.82, 2.24) is 0 Å². The SMILES string of the molecule is COc1ccc(C(C)(F)F)cc1C#N. The Labute approximate surface area is 80.7 Å². The minimum Gasteiger partial charge on any atom is -0.495 e. The average molecular weight is 197 g/mol. The van der Waals surface area contributed by atoms with Crippen LogP contribution in [0.25, 0.3) is 0 Å². The summed E-state index contributed by atoms with van der Waals surface area (Å²) in [6.07, 6.45) is 0. The van der Waals surface area contributed by atoms with Gasteiger partial charge in [-0.1, -0.05) is 0 Å². The van der Waals surface area contributed by atoms with Gasteiger partial charge in [0, 0.05) is 12.5 Å². The lowest BCUT2D eigenvalue weighted by molar-refractivity contribution is 0.0174. The Kier molecular flexibility index (Phi) is 2.70. The molecule has 0 radical (unpaired) electrons. The molecule has 0 bridgehead atoms. The monoisotopic (exact) mass is 197 g/mol. The van der Waals surface area contributed by atoms with Gasteiger partial charge < -0.3 is 4.74 Å². The van der Waals surface area contributed by atoms with Gasteiger partial charge in [0.05, 0.1) is 12.7 Å². The summed E-state index contributed by atoms with van der Waals surface area (Å²) in [7, 11) is 1.39. The molecule has 2 nitrogen and oxygen atoms in total. The Morgan fingerprint density at radius 2 is 2.07 bits per heavy atom. The number of methoxy groups -OCH3 is 1. The molecule has 0 unspecified atom stereocenters. The molecule has 0 saturated heterocycles. The predicted octanol–water partition coefficient (Wildman–Crippen LogP) is 2.68. The van der Waals surface area contributed by atoms with Crippen molar-refractivity contribution in [3.8, 4) is 11.8 Å². The first-order chi connectivity index (χ1) is 6.49. The molecule has 0 spiro atoms. The van der Waals surface area contributed by atoms with Gasteiger partial charge in [-0.05, 0) is 18.2 Å². The third-order valence-electron chi connectivity index (χ3n) is 1.83. The summed E-state index contributed by atoms with van der Waals surface area (Å²) in [4.78, 5) is 0. The van der Waals surface area contributed by atoms with Crippen molar-refractivity contribution in [3.05, 3.63) is 29.3 Å². The van der Waals surface area contributed by atoms with Crippen LogP contribution in [0, 0.1) is 11.3 Å². The van der Waals surface area contributed by atoms with Crippen LogP contribution in [0.4, 0.5) is 8.78 Å². The van der Waals surface area contributed by atoms with Crippen molar-refractivity contribution in [2.45, 2.75) is 12.8 Å². The molecule has 0 aromatic heterocycles. The number of nitriles is 1. The fourth-order valence-electron chi connectivity index (χ4n) is 1.07. The Morgan fingerprint density at radius 3 is 2.50 bits per heavy atom. The third-order valence-corrected chi connectivity index (χ3v) is 1.83. The van der Waals surface area contributed by atoms with Gasteiger partial charge in [0.15, 0.2) is 0 Å². The van der Waals surface area contributed by atoms with Gasteiger partial charge in [-0.15, -0.1) is 0 Å². The molecule has 1 aromatic carbocycles. The van der Waals surface area contributed by atoms with Gasteiger partial charge in [0.2, 0.25) is 0 Å². The van der Waals surface area contributed by atoms with Crippen molar-refractivity contribution < 1.29 is 13.5 Å². The largest absolute Gasteiger partial charge is 0.495 e. The zero-order valence-electron chi connectivity index (χ0n) is 7.84. The van der Waals surface area contributed by atoms with Gasteiger partial charge in [-0.3, -0.25) is 0 Å². The van der Waals surface area contributed by atoms with Crippen LogP contribution in [0.2, 0.25) is 0 Å². The highest BCUT2D eigenvalue weighted by molar-refractivity contribution is 5.46. The molecule has 1 rings (SSSR count). The standard InChI is InChI=1S/C10H9F2NO/c1-10(11,12)8-3-4-9(14-2)7(5-8)6-13/h3-5H,1-2H3. The molecule has 0 heterocycles. The summed E-state index contributed by atoms with van der Waals surface area (Å²) in [6.45, 7) is 0.788. The molecular weight excluding hydrogens is 188 g/mol. The van der Waals surface area contributed by atoms with E-state index in [9.17, 15) is 8.78 Å². The van der Waals surface area contributed by atoms with E-state index in [4.69, 9.17) is 10.00 Å². The van der Waals surface area contributed by atoms with Crippen LogP contribution in [0.5, 0.6) is 5.75 Å². The number of alkyl halides is 2. The summed E-state index contributed by atoms with van der Waals surface area (Å²) >= 11 is 0. The van der Waals surface area contributed by atoms with E-state index in [0.717, 1.165) is 13.0 Å². The molecule has 14 heavy (non-hydrogen) atoms. The first-order valence-electron chi connectivity index (χ1n) is 3.95. The second kappa shape index (κ2) is 3.62. The summed E-state index contributed by atoms with van der Waals surface area (Å²) in [6, 6.07) is 5.55. The Hall–Kier alpha value is -1.63. The van der Waals surface area contributed by atoms with Gasteiger partial charge >= 0.3 is 0 Å². The quantitative estimate of drug-likeness (QED) is 0.730. The third kappa shape index (κ3) is 1.99. The van der Waals surface area contributed by atoms with Gasteiger partial charge in [0.25, 0.3) is 5.92 Å². The summed E-state index contributed by atoms with van der Waals surface area (Å²) in [5.41, 5.74) is -0.0682. The van der Waals surface area contributed by atoms with Crippen LogP contribution in [0.1, 0.15) is 18.1 Å². The van der Waals surface area contributed by atoms with Crippen LogP contribution in [-0.4, -0.2) is 7.11 Å². The van der Waals surface area contributed by atoms with E-state index < -0.39 is 5.92 Å². The fourth-order valence-corrected chi connectivity index (χ4v) is 1.07. The van der Waals surface area contributed by atoms with Gasteiger partial charge in [0.1, 0.15) is 11.8 Å². The van der Waals surface area contributed by atoms with E-state index in [2.05, 4.69) is 0 Å². The molecule has 0 N–H and O–H groups in total. The number of nitrogens with zero attached hydrogens (tertiary/aromatic N) is 1. The minimum atomic E-state index is -2.93. The maximum atomic E-state index is 12.9. The van der Waals surface area contributed by atoms with E-state index in [1.807, 2.05) is 0 Å². The molecule has 0 aliphatic carbocycles. The highest BCUT2D eigenvalue weighted by Crippen LogP contribution is 2.30. The fraction of sp³-hybridized carbons (Fsp3) is 0.300. The first-order valence-corrected chi connectivity index (χ1v) is 3.95. The normalized spacial score (nSPS) is 10.8. The molecule has 1 aromatic rings. The topological polar surface area (TPSA) is 33.0 Å². The molecule has 0 aliphatic heterocycles. The van der Waals surface area contributed by atoms with Crippen molar-refractivity contribution in [2.24, 2.45) is 0 Å². The van der Waals surface area contributed by atoms with Gasteiger partial charge in [-0.2, -0.15) is 5.26 Å². The number of hydrogen-bond donors (Lipinski definition) is 0. The number of halogens is 2. The molecule has 74 valence electrons. The van der Waals surface area contributed by atoms with Crippen molar-refractivity contribution in [2.75, 3.05) is 7.11 Å². The summed E-state index contributed by atoms with van der Waals surface area (Å²) in [5.74, 6) is -2.63. The molecule has 0 saturated carbocycles. The van der Waals surface area contributed by atoms with Gasteiger partial charge in [-0.25, -0.2) is 8.78 Å². The smallest absolute Gasteiger partial charge is 0.270 e. The van der Waals surface area contributed by atoms with Crippen LogP contribution < -0.4 is 4.74 Å². The maximum absolute atomic E-state index is 12.9. The summed E-state index contributed by atoms with van der Waals surface area (Å²) in [5, 5.41) is 8.66. The number of rotatable bonds is 2. The second-order valence-electron chi connectivity index (χ2n) is 2.92. The minimum absolute atomic E-state index is 0.117. The number of hydrogen-bond acceptors (Lipinski definition) is 2. The maximum Gasteiger partial charge on any atom is 0.270 e. The Morgan fingerprint density at radius 1 is 1.43 bits per heavy atom. The van der Waals surface area contributed by atoms with Crippen LogP contribution in [0.15, 0.2) is 18.2 Å². The molecule has 0 atom stereocenters. The molecule has 0 fully saturated rings. The van der Waals surface area contributed by atoms with E-state index in [1.54, 1.807) is 6.07 Å². The Balaban J connectivity index is 3.23. The lowest BCUT2D eigenvalue weighted by atomic mass is 10.1. The Bertz CT molecular complexity index is 377. The van der Waals surface area contributed by atoms with E-state index in [1.165, 1.54) is 19.2 Å². The second-order valence-corrected chi connectivity index (χ2v) is 2.92. The average Bonchev–Trinajstić information content (AvgIpc) is 2.15. The molecule has 4 heteroatoms. The van der Waals surface area contributed by atoms with Crippen molar-refractivity contribution in [1.29, 1.82) is 5.26 Å². The van der Waals surface area contributed by atoms with Crippen molar-refractivity contribution >= 4 is 0 Å². The highest BCUT2D eigenvalue weighted by Gasteiger charge is 2.25. The number of benzene rings is 1. The molecule has 0 aliphatic rings. The van der Waals surface area contributed by atoms with Crippen LogP contribution >= 0.6 is 0 Å². The first kappa shape index (κ1) is 10.5. The predicted molar refractivity (Wildman–Crippen MR) is 47.3 cm³/mol.